The number of esters is 2. The topological polar surface area (TPSA) is 268 Å². The zero-order valence-corrected chi connectivity index (χ0v) is 49.2. The fourth-order valence-corrected chi connectivity index (χ4v) is 14.3. The predicted octanol–water partition coefficient (Wildman–Crippen LogP) is 2.81. The second kappa shape index (κ2) is 27.1. The Kier molecular flexibility index (Phi) is 22.4. The average Bonchev–Trinajstić information content (AvgIpc) is 3.82. The van der Waals surface area contributed by atoms with Gasteiger partial charge in [-0.3, -0.25) is 14.4 Å². The molecule has 444 valence electrons. The molecular weight excluding hydrogens is 1020 g/mol. The number of fused-ring (bicyclic) bond motifs is 2. The maximum atomic E-state index is 14.5. The highest BCUT2D eigenvalue weighted by molar-refractivity contribution is 8.00. The fraction of sp³-hybridized carbons (Fsp3) is 0.927. The summed E-state index contributed by atoms with van der Waals surface area (Å²) in [6.45, 7) is 18.0. The Bertz CT molecular complexity index is 1960. The molecule has 77 heavy (non-hydrogen) atoms. The van der Waals surface area contributed by atoms with Crippen LogP contribution in [0.5, 0.6) is 0 Å². The van der Waals surface area contributed by atoms with Gasteiger partial charge in [0.15, 0.2) is 18.7 Å². The van der Waals surface area contributed by atoms with Crippen LogP contribution in [0.4, 0.5) is 4.79 Å². The monoisotopic (exact) mass is 1110 g/mol. The first-order valence-electron chi connectivity index (χ1n) is 28.6. The van der Waals surface area contributed by atoms with Gasteiger partial charge >= 0.3 is 18.0 Å². The van der Waals surface area contributed by atoms with E-state index in [9.17, 15) is 39.6 Å². The van der Waals surface area contributed by atoms with Crippen molar-refractivity contribution in [3.8, 4) is 0 Å². The largest absolute Gasteiger partial charge is 0.459 e. The molecule has 8 N–H and O–H groups in total. The number of hydrogen-bond donors (Lipinski definition) is 8. The first-order chi connectivity index (χ1) is 36.2. The van der Waals surface area contributed by atoms with E-state index in [0.29, 0.717) is 44.3 Å². The average molecular weight is 1120 g/mol. The minimum Gasteiger partial charge on any atom is -0.459 e. The third-order valence-electron chi connectivity index (χ3n) is 18.0. The number of methoxy groups -OCH3 is 1. The smallest absolute Gasteiger partial charge is 0.315 e. The summed E-state index contributed by atoms with van der Waals surface area (Å²) in [7, 11) is 7.11. The van der Waals surface area contributed by atoms with Crippen molar-refractivity contribution in [2.45, 2.75) is 247 Å². The van der Waals surface area contributed by atoms with Crippen LogP contribution in [-0.4, -0.2) is 222 Å². The van der Waals surface area contributed by atoms with Crippen LogP contribution in [0.25, 0.3) is 0 Å². The van der Waals surface area contributed by atoms with Gasteiger partial charge in [-0.15, -0.1) is 0 Å². The molecule has 6 fully saturated rings. The Morgan fingerprint density at radius 3 is 2.32 bits per heavy atom. The lowest BCUT2D eigenvalue weighted by atomic mass is 9.81. The molecule has 21 nitrogen and oxygen atoms in total. The minimum atomic E-state index is -1.85. The van der Waals surface area contributed by atoms with Crippen molar-refractivity contribution in [1.82, 2.24) is 31.1 Å². The molecule has 5 heterocycles. The van der Waals surface area contributed by atoms with Gasteiger partial charge in [0.1, 0.15) is 29.5 Å². The summed E-state index contributed by atoms with van der Waals surface area (Å²) in [6, 6.07) is -0.606. The van der Waals surface area contributed by atoms with Crippen molar-refractivity contribution in [1.29, 1.82) is 0 Å². The number of likely N-dealkylation sites (N-methyl/N-ethyl adjacent to an activating group) is 2. The Morgan fingerprint density at radius 1 is 0.922 bits per heavy atom. The number of carbonyl (C=O) groups excluding carboxylic acids is 4. The summed E-state index contributed by atoms with van der Waals surface area (Å²) >= 11 is 1.89. The summed E-state index contributed by atoms with van der Waals surface area (Å²) in [6.07, 6.45) is -2.60. The Morgan fingerprint density at radius 2 is 1.64 bits per heavy atom. The van der Waals surface area contributed by atoms with E-state index in [2.05, 4.69) is 21.3 Å². The molecular formula is C55H98N6O15S. The van der Waals surface area contributed by atoms with E-state index in [0.717, 1.165) is 44.3 Å². The number of carbonyl (C=O) groups is 4. The van der Waals surface area contributed by atoms with E-state index in [-0.39, 0.29) is 61.9 Å². The van der Waals surface area contributed by atoms with Crippen LogP contribution in [0, 0.1) is 17.3 Å². The number of unbranched alkanes of at least 4 members (excludes halogenated alkanes) is 3. The lowest BCUT2D eigenvalue weighted by Crippen LogP contribution is -2.61. The molecule has 3 amide bonds. The third-order valence-corrected chi connectivity index (χ3v) is 19.5. The van der Waals surface area contributed by atoms with Gasteiger partial charge in [0, 0.05) is 74.0 Å². The molecule has 0 aromatic heterocycles. The maximum absolute atomic E-state index is 14.5. The number of urea groups is 1. The van der Waals surface area contributed by atoms with Crippen LogP contribution in [0.15, 0.2) is 0 Å². The predicted molar refractivity (Wildman–Crippen MR) is 290 cm³/mol. The van der Waals surface area contributed by atoms with Gasteiger partial charge < -0.3 is 84.7 Å². The van der Waals surface area contributed by atoms with Crippen LogP contribution >= 0.6 is 11.8 Å². The Labute approximate surface area is 462 Å². The lowest BCUT2D eigenvalue weighted by molar-refractivity contribution is -0.315. The molecule has 0 radical (unpaired) electrons. The minimum absolute atomic E-state index is 0.0615. The zero-order chi connectivity index (χ0) is 56.8. The summed E-state index contributed by atoms with van der Waals surface area (Å²) < 4.78 is 44.9. The van der Waals surface area contributed by atoms with Crippen molar-refractivity contribution in [2.24, 2.45) is 17.3 Å². The summed E-state index contributed by atoms with van der Waals surface area (Å²) in [5.41, 5.74) is -5.32. The molecule has 3 unspecified atom stereocenters. The third kappa shape index (κ3) is 15.2. The Balaban J connectivity index is 1.05. The van der Waals surface area contributed by atoms with Crippen molar-refractivity contribution in [3.05, 3.63) is 0 Å². The van der Waals surface area contributed by atoms with Gasteiger partial charge in [-0.05, 0) is 114 Å². The molecule has 0 aromatic carbocycles. The van der Waals surface area contributed by atoms with Crippen molar-refractivity contribution in [3.63, 3.8) is 0 Å². The van der Waals surface area contributed by atoms with Gasteiger partial charge in [-0.25, -0.2) is 4.79 Å². The number of amides is 3. The second-order valence-electron chi connectivity index (χ2n) is 24.4. The van der Waals surface area contributed by atoms with Crippen molar-refractivity contribution in [2.75, 3.05) is 60.2 Å². The van der Waals surface area contributed by atoms with E-state index in [4.69, 9.17) is 33.2 Å². The SMILES string of the molecule is CC[C@H]1OC(=O)[C@H](C)[C@@H](O[C@H]2C[C@@](C)(OC)[C@@H](OC(=O)CCNCCCCCNC(=O)CCCCC3SCC4NC(=O)NC43)[C@H](C)O2)[C@H](C)[C@@H](O[C@@H]2O[C@H](C)C[C@H](N(C)C)[C@H]2O)[C@]2(O)C[C@@]2(C)CN(C)[C@H](C)[C@@H](O)[C@]1(C)O. The lowest BCUT2D eigenvalue weighted by Gasteiger charge is -2.48. The Hall–Kier alpha value is -2.45. The summed E-state index contributed by atoms with van der Waals surface area (Å²) in [5.74, 6) is -2.00. The number of thioether (sulfide) groups is 1. The van der Waals surface area contributed by atoms with E-state index in [1.54, 1.807) is 27.7 Å². The van der Waals surface area contributed by atoms with Crippen molar-refractivity contribution < 1.29 is 72.8 Å². The molecule has 21 atom stereocenters. The molecule has 0 aromatic rings. The number of hydrogen-bond acceptors (Lipinski definition) is 19. The zero-order valence-electron chi connectivity index (χ0n) is 48.4. The fourth-order valence-electron chi connectivity index (χ4n) is 12.8. The van der Waals surface area contributed by atoms with Crippen LogP contribution in [0.1, 0.15) is 139 Å². The molecule has 0 bridgehead atoms. The number of aliphatic hydroxyl groups excluding tert-OH is 2. The summed E-state index contributed by atoms with van der Waals surface area (Å²) in [5, 5.41) is 61.0. The van der Waals surface area contributed by atoms with Gasteiger partial charge in [0.2, 0.25) is 5.91 Å². The van der Waals surface area contributed by atoms with Gasteiger partial charge in [0.05, 0.1) is 54.4 Å². The van der Waals surface area contributed by atoms with Crippen LogP contribution in [0.2, 0.25) is 0 Å². The van der Waals surface area contributed by atoms with Crippen LogP contribution in [0.3, 0.4) is 0 Å². The van der Waals surface area contributed by atoms with Crippen LogP contribution < -0.4 is 21.3 Å². The molecule has 22 heteroatoms. The highest BCUT2D eigenvalue weighted by Crippen LogP contribution is 2.61. The van der Waals surface area contributed by atoms with E-state index in [1.807, 2.05) is 70.4 Å². The quantitative estimate of drug-likeness (QED) is 0.0440. The van der Waals surface area contributed by atoms with E-state index in [1.165, 1.54) is 14.0 Å². The van der Waals surface area contributed by atoms with Gasteiger partial charge in [-0.2, -0.15) is 11.8 Å². The summed E-state index contributed by atoms with van der Waals surface area (Å²) in [4.78, 5) is 55.8. The molecule has 6 aliphatic rings. The molecule has 5 aliphatic heterocycles. The number of rotatable bonds is 22. The van der Waals surface area contributed by atoms with Crippen LogP contribution in [-0.2, 0) is 47.5 Å². The molecule has 1 aliphatic carbocycles. The first kappa shape index (κ1) is 63.7. The standard InChI is InChI=1S/C55H98N6O15S/c1-14-39-54(9,68)46(65)34(5)61(12)30-52(7)29-55(52,69)47(76-50-44(64)37(60(10)11)26-31(2)71-50)32(3)45(33(4)49(66)73-39)75-42-27-53(8,70-13)48(35(6)72-42)74-41(63)22-25-56-23-18-15-19-24-57-40(62)21-17-16-20-38-43-36(28-77-38)58-51(67)59-43/h31-39,42-48,50,56,64-65,68-69H,14-30H2,1-13H3,(H,57,62)(H2,58,59,67)/t31-,32+,33-,34-,35+,36?,37+,38?,39-,42+,43?,44-,45+,46-,47-,48+,50+,52+,53-,54-,55-/m1/s1. The maximum Gasteiger partial charge on any atom is 0.315 e. The number of ether oxygens (including phenoxy) is 7. The van der Waals surface area contributed by atoms with Gasteiger partial charge in [-0.1, -0.05) is 33.6 Å². The number of cyclic esters (lactones) is 1. The highest BCUT2D eigenvalue weighted by atomic mass is 32.2. The van der Waals surface area contributed by atoms with E-state index < -0.39 is 107 Å². The van der Waals surface area contributed by atoms with Crippen molar-refractivity contribution >= 4 is 35.6 Å². The number of nitrogens with one attached hydrogen (secondary N) is 4. The molecule has 0 spiro atoms. The van der Waals surface area contributed by atoms with E-state index >= 15 is 0 Å². The first-order valence-corrected chi connectivity index (χ1v) is 29.7. The molecule has 1 saturated carbocycles. The second-order valence-corrected chi connectivity index (χ2v) is 25.7. The number of aliphatic hydroxyl groups is 4. The highest BCUT2D eigenvalue weighted by Gasteiger charge is 2.71. The van der Waals surface area contributed by atoms with Gasteiger partial charge in [0.25, 0.3) is 0 Å². The molecule has 5 saturated heterocycles. The molecule has 6 rings (SSSR count). The normalized spacial score (nSPS) is 42.9. The number of nitrogens with zero attached hydrogens (tertiary/aromatic N) is 2.